The fourth-order valence-electron chi connectivity index (χ4n) is 2.28. The molecule has 0 heterocycles. The lowest BCUT2D eigenvalue weighted by Crippen LogP contribution is -2.41. The number of hydrogen-bond acceptors (Lipinski definition) is 3. The standard InChI is InChI=1S/C16H26N2O2/c1-5-16(20,6-2)12-18(13-19)11-14-9-7-8-10-15(14)17(3)4/h7-10,13,20H,5-6,11-12H2,1-4H3. The second-order valence-electron chi connectivity index (χ2n) is 5.46. The highest BCUT2D eigenvalue weighted by molar-refractivity contribution is 5.55. The van der Waals surface area contributed by atoms with Gasteiger partial charge in [0.25, 0.3) is 0 Å². The van der Waals surface area contributed by atoms with Crippen LogP contribution in [0.5, 0.6) is 0 Å². The molecule has 0 radical (unpaired) electrons. The van der Waals surface area contributed by atoms with Crippen LogP contribution in [0.1, 0.15) is 32.3 Å². The summed E-state index contributed by atoms with van der Waals surface area (Å²) in [5.74, 6) is 0. The van der Waals surface area contributed by atoms with Crippen LogP contribution in [0.2, 0.25) is 0 Å². The first-order valence-corrected chi connectivity index (χ1v) is 7.12. The van der Waals surface area contributed by atoms with Crippen LogP contribution in [0.4, 0.5) is 5.69 Å². The number of nitrogens with zero attached hydrogens (tertiary/aromatic N) is 2. The molecular formula is C16H26N2O2. The predicted octanol–water partition coefficient (Wildman–Crippen LogP) is 2.26. The zero-order valence-corrected chi connectivity index (χ0v) is 13.0. The molecule has 0 aromatic heterocycles. The second kappa shape index (κ2) is 7.29. The number of carbonyl (C=O) groups is 1. The smallest absolute Gasteiger partial charge is 0.210 e. The van der Waals surface area contributed by atoms with E-state index in [1.54, 1.807) is 4.90 Å². The van der Waals surface area contributed by atoms with E-state index in [0.717, 1.165) is 17.7 Å². The number of aliphatic hydroxyl groups is 1. The van der Waals surface area contributed by atoms with Crippen molar-refractivity contribution in [1.82, 2.24) is 4.90 Å². The molecule has 1 amide bonds. The minimum atomic E-state index is -0.798. The van der Waals surface area contributed by atoms with Crippen molar-refractivity contribution >= 4 is 12.1 Å². The van der Waals surface area contributed by atoms with Crippen LogP contribution in [-0.4, -0.2) is 42.7 Å². The average Bonchev–Trinajstić information content (AvgIpc) is 2.46. The highest BCUT2D eigenvalue weighted by atomic mass is 16.3. The van der Waals surface area contributed by atoms with Crippen LogP contribution < -0.4 is 4.90 Å². The lowest BCUT2D eigenvalue weighted by Gasteiger charge is -2.31. The van der Waals surface area contributed by atoms with Crippen molar-refractivity contribution in [3.05, 3.63) is 29.8 Å². The molecule has 20 heavy (non-hydrogen) atoms. The zero-order chi connectivity index (χ0) is 15.2. The van der Waals surface area contributed by atoms with Gasteiger partial charge in [-0.25, -0.2) is 0 Å². The van der Waals surface area contributed by atoms with Crippen molar-refractivity contribution < 1.29 is 9.90 Å². The maximum absolute atomic E-state index is 11.3. The van der Waals surface area contributed by atoms with Gasteiger partial charge in [-0.15, -0.1) is 0 Å². The van der Waals surface area contributed by atoms with E-state index < -0.39 is 5.60 Å². The molecule has 0 spiro atoms. The quantitative estimate of drug-likeness (QED) is 0.742. The van der Waals surface area contributed by atoms with E-state index in [0.29, 0.717) is 25.9 Å². The van der Waals surface area contributed by atoms with Crippen LogP contribution in [0.15, 0.2) is 24.3 Å². The number of benzene rings is 1. The first-order chi connectivity index (χ1) is 9.45. The minimum absolute atomic E-state index is 0.366. The zero-order valence-electron chi connectivity index (χ0n) is 13.0. The Labute approximate surface area is 122 Å². The number of hydrogen-bond donors (Lipinski definition) is 1. The Morgan fingerprint density at radius 3 is 2.30 bits per heavy atom. The van der Waals surface area contributed by atoms with Gasteiger partial charge in [0.15, 0.2) is 0 Å². The molecule has 1 aromatic carbocycles. The molecule has 0 fully saturated rings. The fourth-order valence-corrected chi connectivity index (χ4v) is 2.28. The summed E-state index contributed by atoms with van der Waals surface area (Å²) < 4.78 is 0. The van der Waals surface area contributed by atoms with Gasteiger partial charge in [-0.2, -0.15) is 0 Å². The van der Waals surface area contributed by atoms with Crippen molar-refractivity contribution in [2.24, 2.45) is 0 Å². The monoisotopic (exact) mass is 278 g/mol. The molecule has 0 atom stereocenters. The Morgan fingerprint density at radius 1 is 1.20 bits per heavy atom. The van der Waals surface area contributed by atoms with E-state index in [1.807, 2.05) is 57.1 Å². The molecule has 1 N–H and O–H groups in total. The highest BCUT2D eigenvalue weighted by Crippen LogP contribution is 2.22. The van der Waals surface area contributed by atoms with Crippen molar-refractivity contribution in [2.75, 3.05) is 25.5 Å². The first-order valence-electron chi connectivity index (χ1n) is 7.12. The van der Waals surface area contributed by atoms with Crippen molar-refractivity contribution in [3.63, 3.8) is 0 Å². The van der Waals surface area contributed by atoms with Crippen LogP contribution in [-0.2, 0) is 11.3 Å². The molecule has 4 heteroatoms. The lowest BCUT2D eigenvalue weighted by molar-refractivity contribution is -0.122. The molecular weight excluding hydrogens is 252 g/mol. The SMILES string of the molecule is CCC(O)(CC)CN(C=O)Cc1ccccc1N(C)C. The van der Waals surface area contributed by atoms with Crippen LogP contribution >= 0.6 is 0 Å². The number of rotatable bonds is 8. The van der Waals surface area contributed by atoms with Gasteiger partial charge in [0.05, 0.1) is 5.60 Å². The van der Waals surface area contributed by atoms with Gasteiger partial charge < -0.3 is 14.9 Å². The lowest BCUT2D eigenvalue weighted by atomic mass is 9.96. The van der Waals surface area contributed by atoms with E-state index in [1.165, 1.54) is 0 Å². The number of amides is 1. The Balaban J connectivity index is 2.87. The maximum Gasteiger partial charge on any atom is 0.210 e. The van der Waals surface area contributed by atoms with Gasteiger partial charge in [-0.1, -0.05) is 32.0 Å². The summed E-state index contributed by atoms with van der Waals surface area (Å²) in [6.07, 6.45) is 2.11. The average molecular weight is 278 g/mol. The largest absolute Gasteiger partial charge is 0.388 e. The van der Waals surface area contributed by atoms with E-state index >= 15 is 0 Å². The van der Waals surface area contributed by atoms with E-state index in [-0.39, 0.29) is 0 Å². The van der Waals surface area contributed by atoms with Gasteiger partial charge in [0.2, 0.25) is 6.41 Å². The summed E-state index contributed by atoms with van der Waals surface area (Å²) in [7, 11) is 3.97. The Hall–Kier alpha value is -1.55. The Kier molecular flexibility index (Phi) is 6.02. The first kappa shape index (κ1) is 16.5. The van der Waals surface area contributed by atoms with Crippen molar-refractivity contribution in [1.29, 1.82) is 0 Å². The summed E-state index contributed by atoms with van der Waals surface area (Å²) >= 11 is 0. The summed E-state index contributed by atoms with van der Waals surface area (Å²) in [4.78, 5) is 15.0. The van der Waals surface area contributed by atoms with Crippen LogP contribution in [0.25, 0.3) is 0 Å². The fraction of sp³-hybridized carbons (Fsp3) is 0.562. The highest BCUT2D eigenvalue weighted by Gasteiger charge is 2.25. The second-order valence-corrected chi connectivity index (χ2v) is 5.46. The van der Waals surface area contributed by atoms with E-state index in [9.17, 15) is 9.90 Å². The maximum atomic E-state index is 11.3. The van der Waals surface area contributed by atoms with E-state index in [4.69, 9.17) is 0 Å². The number of anilines is 1. The van der Waals surface area contributed by atoms with Gasteiger partial charge in [0, 0.05) is 32.9 Å². The summed E-state index contributed by atoms with van der Waals surface area (Å²) in [5, 5.41) is 10.4. The Morgan fingerprint density at radius 2 is 1.80 bits per heavy atom. The van der Waals surface area contributed by atoms with Crippen molar-refractivity contribution in [2.45, 2.75) is 38.8 Å². The molecule has 0 unspecified atom stereocenters. The third-order valence-corrected chi connectivity index (χ3v) is 3.81. The molecule has 112 valence electrons. The molecule has 0 saturated carbocycles. The van der Waals surface area contributed by atoms with Gasteiger partial charge in [-0.05, 0) is 24.5 Å². The van der Waals surface area contributed by atoms with Crippen LogP contribution in [0.3, 0.4) is 0 Å². The molecule has 0 aliphatic rings. The van der Waals surface area contributed by atoms with Crippen molar-refractivity contribution in [3.8, 4) is 0 Å². The third-order valence-electron chi connectivity index (χ3n) is 3.81. The Bertz CT molecular complexity index is 428. The van der Waals surface area contributed by atoms with Crippen LogP contribution in [0, 0.1) is 0 Å². The normalized spacial score (nSPS) is 11.2. The predicted molar refractivity (Wildman–Crippen MR) is 82.8 cm³/mol. The third kappa shape index (κ3) is 4.23. The molecule has 0 bridgehead atoms. The van der Waals surface area contributed by atoms with E-state index in [2.05, 4.69) is 0 Å². The molecule has 0 saturated heterocycles. The number of carbonyl (C=O) groups excluding carboxylic acids is 1. The topological polar surface area (TPSA) is 43.8 Å². The summed E-state index contributed by atoms with van der Waals surface area (Å²) in [6.45, 7) is 4.77. The number of para-hydroxylation sites is 1. The summed E-state index contributed by atoms with van der Waals surface area (Å²) in [6, 6.07) is 8.00. The summed E-state index contributed by atoms with van der Waals surface area (Å²) in [5.41, 5.74) is 1.38. The van der Waals surface area contributed by atoms with Gasteiger partial charge in [0.1, 0.15) is 0 Å². The molecule has 1 aromatic rings. The van der Waals surface area contributed by atoms with Gasteiger partial charge >= 0.3 is 0 Å². The molecule has 0 aliphatic heterocycles. The molecule has 4 nitrogen and oxygen atoms in total. The molecule has 0 aliphatic carbocycles. The minimum Gasteiger partial charge on any atom is -0.388 e. The van der Waals surface area contributed by atoms with Gasteiger partial charge in [-0.3, -0.25) is 4.79 Å². The molecule has 1 rings (SSSR count).